The van der Waals surface area contributed by atoms with E-state index in [4.69, 9.17) is 4.74 Å². The third kappa shape index (κ3) is 3.78. The number of carbonyl (C=O) groups is 1. The SMILES string of the molecule is CCCNC(CN1CCC(C)CC1C)(C(=O)OC)C1CC1. The third-order valence-corrected chi connectivity index (χ3v) is 5.24. The van der Waals surface area contributed by atoms with Crippen LogP contribution in [0.5, 0.6) is 0 Å². The van der Waals surface area contributed by atoms with Crippen LogP contribution in [-0.2, 0) is 9.53 Å². The van der Waals surface area contributed by atoms with Crippen LogP contribution in [0, 0.1) is 11.8 Å². The maximum Gasteiger partial charge on any atom is 0.327 e. The third-order valence-electron chi connectivity index (χ3n) is 5.24. The lowest BCUT2D eigenvalue weighted by Gasteiger charge is -2.43. The molecule has 1 saturated carbocycles. The van der Waals surface area contributed by atoms with Crippen LogP contribution in [0.1, 0.15) is 52.9 Å². The number of hydrogen-bond donors (Lipinski definition) is 1. The minimum atomic E-state index is -0.487. The van der Waals surface area contributed by atoms with E-state index < -0.39 is 5.54 Å². The molecule has 4 heteroatoms. The van der Waals surface area contributed by atoms with E-state index in [1.165, 1.54) is 20.0 Å². The lowest BCUT2D eigenvalue weighted by Crippen LogP contribution is -2.63. The smallest absolute Gasteiger partial charge is 0.327 e. The minimum absolute atomic E-state index is 0.0655. The lowest BCUT2D eigenvalue weighted by molar-refractivity contribution is -0.151. The van der Waals surface area contributed by atoms with Gasteiger partial charge in [-0.15, -0.1) is 0 Å². The topological polar surface area (TPSA) is 41.6 Å². The molecule has 122 valence electrons. The van der Waals surface area contributed by atoms with Gasteiger partial charge in [-0.25, -0.2) is 4.79 Å². The van der Waals surface area contributed by atoms with Crippen LogP contribution < -0.4 is 5.32 Å². The Labute approximate surface area is 129 Å². The average Bonchev–Trinajstić information content (AvgIpc) is 3.30. The van der Waals surface area contributed by atoms with Crippen molar-refractivity contribution in [3.05, 3.63) is 0 Å². The van der Waals surface area contributed by atoms with Crippen molar-refractivity contribution in [1.82, 2.24) is 10.2 Å². The summed E-state index contributed by atoms with van der Waals surface area (Å²) in [6.07, 6.45) is 5.79. The Balaban J connectivity index is 2.12. The molecular weight excluding hydrogens is 264 g/mol. The standard InChI is InChI=1S/C17H32N2O2/c1-5-9-18-17(15-6-7-15,16(20)21-4)12-19-10-8-13(2)11-14(19)3/h13-15,18H,5-12H2,1-4H3. The number of nitrogens with one attached hydrogen (secondary N) is 1. The van der Waals surface area contributed by atoms with E-state index in [1.54, 1.807) is 0 Å². The molecule has 2 aliphatic rings. The molecular formula is C17H32N2O2. The van der Waals surface area contributed by atoms with Gasteiger partial charge >= 0.3 is 5.97 Å². The van der Waals surface area contributed by atoms with Crippen molar-refractivity contribution >= 4 is 5.97 Å². The van der Waals surface area contributed by atoms with E-state index in [2.05, 4.69) is 31.0 Å². The zero-order chi connectivity index (χ0) is 15.5. The number of ether oxygens (including phenoxy) is 1. The van der Waals surface area contributed by atoms with E-state index in [-0.39, 0.29) is 5.97 Å². The van der Waals surface area contributed by atoms with E-state index >= 15 is 0 Å². The van der Waals surface area contributed by atoms with Gasteiger partial charge in [0.2, 0.25) is 0 Å². The molecule has 0 radical (unpaired) electrons. The molecule has 2 rings (SSSR count). The zero-order valence-electron chi connectivity index (χ0n) is 14.2. The summed E-state index contributed by atoms with van der Waals surface area (Å²) < 4.78 is 5.18. The van der Waals surface area contributed by atoms with Crippen molar-refractivity contribution in [2.24, 2.45) is 11.8 Å². The van der Waals surface area contributed by atoms with Gasteiger partial charge in [0.15, 0.2) is 0 Å². The predicted octanol–water partition coefficient (Wildman–Crippen LogP) is 2.43. The first-order valence-corrected chi connectivity index (χ1v) is 8.61. The van der Waals surface area contributed by atoms with Crippen molar-refractivity contribution in [1.29, 1.82) is 0 Å². The van der Waals surface area contributed by atoms with Crippen molar-refractivity contribution in [2.75, 3.05) is 26.7 Å². The van der Waals surface area contributed by atoms with Crippen LogP contribution in [0.4, 0.5) is 0 Å². The molecule has 0 bridgehead atoms. The fourth-order valence-electron chi connectivity index (χ4n) is 3.75. The van der Waals surface area contributed by atoms with Gasteiger partial charge in [0.1, 0.15) is 5.54 Å². The largest absolute Gasteiger partial charge is 0.468 e. The summed E-state index contributed by atoms with van der Waals surface area (Å²) in [6.45, 7) is 9.55. The summed E-state index contributed by atoms with van der Waals surface area (Å²) in [6, 6.07) is 0.556. The van der Waals surface area contributed by atoms with Gasteiger partial charge < -0.3 is 10.1 Å². The Morgan fingerprint density at radius 1 is 1.33 bits per heavy atom. The highest BCUT2D eigenvalue weighted by molar-refractivity contribution is 5.82. The Morgan fingerprint density at radius 2 is 2.05 bits per heavy atom. The zero-order valence-corrected chi connectivity index (χ0v) is 14.2. The van der Waals surface area contributed by atoms with Crippen LogP contribution in [0.25, 0.3) is 0 Å². The van der Waals surface area contributed by atoms with Crippen LogP contribution in [0.2, 0.25) is 0 Å². The van der Waals surface area contributed by atoms with Gasteiger partial charge in [-0.1, -0.05) is 13.8 Å². The molecule has 1 saturated heterocycles. The molecule has 1 heterocycles. The van der Waals surface area contributed by atoms with Crippen LogP contribution >= 0.6 is 0 Å². The number of nitrogens with zero attached hydrogens (tertiary/aromatic N) is 1. The second kappa shape index (κ2) is 7.10. The first kappa shape index (κ1) is 16.8. The van der Waals surface area contributed by atoms with Crippen molar-refractivity contribution < 1.29 is 9.53 Å². The molecule has 0 aromatic rings. The molecule has 4 nitrogen and oxygen atoms in total. The Morgan fingerprint density at radius 3 is 2.57 bits per heavy atom. The van der Waals surface area contributed by atoms with Crippen LogP contribution in [0.15, 0.2) is 0 Å². The number of hydrogen-bond acceptors (Lipinski definition) is 4. The van der Waals surface area contributed by atoms with Crippen molar-refractivity contribution in [2.45, 2.75) is 64.5 Å². The molecule has 0 aromatic heterocycles. The second-order valence-electron chi connectivity index (χ2n) is 7.11. The summed E-state index contributed by atoms with van der Waals surface area (Å²) >= 11 is 0. The summed E-state index contributed by atoms with van der Waals surface area (Å²) in [4.78, 5) is 15.1. The lowest BCUT2D eigenvalue weighted by atomic mass is 9.87. The monoisotopic (exact) mass is 296 g/mol. The van der Waals surface area contributed by atoms with Crippen LogP contribution in [-0.4, -0.2) is 49.2 Å². The Kier molecular flexibility index (Phi) is 5.67. The number of rotatable bonds is 7. The first-order valence-electron chi connectivity index (χ1n) is 8.61. The van der Waals surface area contributed by atoms with Gasteiger partial charge in [-0.05, 0) is 64.0 Å². The van der Waals surface area contributed by atoms with Gasteiger partial charge in [0.05, 0.1) is 7.11 Å². The molecule has 1 aliphatic carbocycles. The Bertz CT molecular complexity index is 357. The van der Waals surface area contributed by atoms with Gasteiger partial charge in [-0.3, -0.25) is 4.90 Å². The highest BCUT2D eigenvalue weighted by Crippen LogP contribution is 2.42. The van der Waals surface area contributed by atoms with Crippen molar-refractivity contribution in [3.63, 3.8) is 0 Å². The molecule has 0 aromatic carbocycles. The summed E-state index contributed by atoms with van der Waals surface area (Å²) in [5.74, 6) is 1.18. The minimum Gasteiger partial charge on any atom is -0.468 e. The maximum atomic E-state index is 12.6. The summed E-state index contributed by atoms with van der Waals surface area (Å²) in [7, 11) is 1.52. The normalized spacial score (nSPS) is 29.9. The van der Waals surface area contributed by atoms with E-state index in [0.29, 0.717) is 12.0 Å². The highest BCUT2D eigenvalue weighted by Gasteiger charge is 2.52. The molecule has 3 unspecified atom stereocenters. The molecule has 21 heavy (non-hydrogen) atoms. The average molecular weight is 296 g/mol. The molecule has 3 atom stereocenters. The molecule has 0 spiro atoms. The Hall–Kier alpha value is -0.610. The summed E-state index contributed by atoms with van der Waals surface area (Å²) in [5.41, 5.74) is -0.487. The van der Waals surface area contributed by atoms with Gasteiger partial charge in [0, 0.05) is 12.6 Å². The number of carbonyl (C=O) groups excluding carboxylic acids is 1. The van der Waals surface area contributed by atoms with Crippen molar-refractivity contribution in [3.8, 4) is 0 Å². The van der Waals surface area contributed by atoms with Gasteiger partial charge in [0.25, 0.3) is 0 Å². The number of piperidine rings is 1. The first-order chi connectivity index (χ1) is 10.0. The fraction of sp³-hybridized carbons (Fsp3) is 0.941. The molecule has 2 fully saturated rings. The highest BCUT2D eigenvalue weighted by atomic mass is 16.5. The van der Waals surface area contributed by atoms with Gasteiger partial charge in [-0.2, -0.15) is 0 Å². The maximum absolute atomic E-state index is 12.6. The molecule has 1 aliphatic heterocycles. The second-order valence-corrected chi connectivity index (χ2v) is 7.11. The molecule has 0 amide bonds. The number of likely N-dealkylation sites (tertiary alicyclic amines) is 1. The molecule has 1 N–H and O–H groups in total. The van der Waals surface area contributed by atoms with E-state index in [1.807, 2.05) is 0 Å². The van der Waals surface area contributed by atoms with E-state index in [9.17, 15) is 4.79 Å². The quantitative estimate of drug-likeness (QED) is 0.733. The fourth-order valence-corrected chi connectivity index (χ4v) is 3.75. The summed E-state index contributed by atoms with van der Waals surface area (Å²) in [5, 5.41) is 3.56. The van der Waals surface area contributed by atoms with E-state index in [0.717, 1.165) is 44.8 Å². The number of methoxy groups -OCH3 is 1. The predicted molar refractivity (Wildman–Crippen MR) is 85.2 cm³/mol. The van der Waals surface area contributed by atoms with Crippen LogP contribution in [0.3, 0.4) is 0 Å². The number of esters is 1.